The van der Waals surface area contributed by atoms with Crippen molar-refractivity contribution in [3.05, 3.63) is 24.3 Å². The van der Waals surface area contributed by atoms with Crippen molar-refractivity contribution < 1.29 is 64.6 Å². The van der Waals surface area contributed by atoms with Gasteiger partial charge in [-0.25, -0.2) is 0 Å². The van der Waals surface area contributed by atoms with Gasteiger partial charge in [-0.3, -0.25) is 4.79 Å². The lowest BCUT2D eigenvalue weighted by Gasteiger charge is -2.46. The zero-order valence-corrected chi connectivity index (χ0v) is 46.8. The third kappa shape index (κ3) is 31.8. The number of amides is 1. The number of aliphatic hydroxyl groups excluding tert-OH is 8. The maximum Gasteiger partial charge on any atom is 0.220 e. The van der Waals surface area contributed by atoms with Gasteiger partial charge in [0, 0.05) is 6.42 Å². The molecule has 2 rings (SSSR count). The van der Waals surface area contributed by atoms with Crippen molar-refractivity contribution in [3.8, 4) is 0 Å². The Morgan fingerprint density at radius 1 is 0.473 bits per heavy atom. The molecule has 1 amide bonds. The lowest BCUT2D eigenvalue weighted by Crippen LogP contribution is -2.65. The quantitative estimate of drug-likeness (QED) is 0.0204. The summed E-state index contributed by atoms with van der Waals surface area (Å²) in [5.41, 5.74) is 0. The van der Waals surface area contributed by atoms with Gasteiger partial charge in [0.05, 0.1) is 32.0 Å². The van der Waals surface area contributed by atoms with Gasteiger partial charge in [0.25, 0.3) is 0 Å². The molecule has 74 heavy (non-hydrogen) atoms. The highest BCUT2D eigenvalue weighted by molar-refractivity contribution is 5.76. The summed E-state index contributed by atoms with van der Waals surface area (Å²) < 4.78 is 22.7. The second-order valence-corrected chi connectivity index (χ2v) is 21.8. The molecule has 0 bridgehead atoms. The standard InChI is InChI=1S/C60H113NO13/c1-3-5-7-9-11-13-15-16-17-18-19-20-21-22-23-24-25-26-27-28-29-30-31-32-34-36-38-40-42-44-52(65)61-48(49(64)43-41-39-37-35-33-14-12-10-8-6-4-2)47-71-59-57(70)55(68)58(51(46-63)73-59)74-60-56(69)54(67)53(66)50(45-62)72-60/h18-19,41,43,48-51,53-60,62-64,66-70H,3-17,20-40,42,44-47H2,1-2H3,(H,61,65)/b19-18-,43-41+. The lowest BCUT2D eigenvalue weighted by atomic mass is 9.97. The van der Waals surface area contributed by atoms with E-state index in [1.165, 1.54) is 193 Å². The summed E-state index contributed by atoms with van der Waals surface area (Å²) in [4.78, 5) is 13.2. The number of ether oxygens (including phenoxy) is 4. The zero-order valence-electron chi connectivity index (χ0n) is 46.8. The average Bonchev–Trinajstić information content (AvgIpc) is 3.40. The molecule has 2 heterocycles. The molecule has 14 nitrogen and oxygen atoms in total. The van der Waals surface area contributed by atoms with Crippen LogP contribution in [0.5, 0.6) is 0 Å². The molecule has 2 aliphatic heterocycles. The third-order valence-electron chi connectivity index (χ3n) is 15.1. The van der Waals surface area contributed by atoms with Crippen molar-refractivity contribution in [2.75, 3.05) is 19.8 Å². The van der Waals surface area contributed by atoms with Crippen molar-refractivity contribution in [2.45, 2.75) is 331 Å². The first-order chi connectivity index (χ1) is 36.1. The van der Waals surface area contributed by atoms with Crippen LogP contribution in [0, 0.1) is 0 Å². The molecular weight excluding hydrogens is 943 g/mol. The molecule has 0 aromatic heterocycles. The number of carbonyl (C=O) groups excluding carboxylic acids is 1. The van der Waals surface area contributed by atoms with E-state index in [0.717, 1.165) is 38.5 Å². The van der Waals surface area contributed by atoms with Gasteiger partial charge in [-0.1, -0.05) is 231 Å². The number of carbonyl (C=O) groups is 1. The minimum absolute atomic E-state index is 0.237. The smallest absolute Gasteiger partial charge is 0.220 e. The summed E-state index contributed by atoms with van der Waals surface area (Å²) in [5, 5.41) is 86.9. The van der Waals surface area contributed by atoms with Gasteiger partial charge in [0.2, 0.25) is 5.91 Å². The van der Waals surface area contributed by atoms with Crippen LogP contribution < -0.4 is 5.32 Å². The van der Waals surface area contributed by atoms with E-state index in [2.05, 4.69) is 31.3 Å². The monoisotopic (exact) mass is 1060 g/mol. The van der Waals surface area contributed by atoms with Crippen molar-refractivity contribution in [1.82, 2.24) is 5.32 Å². The first-order valence-corrected chi connectivity index (χ1v) is 30.6. The molecule has 9 N–H and O–H groups in total. The van der Waals surface area contributed by atoms with Gasteiger partial charge < -0.3 is 65.1 Å². The number of aliphatic hydroxyl groups is 8. The number of unbranched alkanes of at least 4 members (excludes halogenated alkanes) is 34. The summed E-state index contributed by atoms with van der Waals surface area (Å²) in [5.74, 6) is -0.237. The average molecular weight is 1060 g/mol. The van der Waals surface area contributed by atoms with Crippen molar-refractivity contribution in [3.63, 3.8) is 0 Å². The number of nitrogens with one attached hydrogen (secondary N) is 1. The zero-order chi connectivity index (χ0) is 53.9. The van der Waals surface area contributed by atoms with Crippen LogP contribution in [0.25, 0.3) is 0 Å². The molecule has 14 heteroatoms. The summed E-state index contributed by atoms with van der Waals surface area (Å²) in [7, 11) is 0. The van der Waals surface area contributed by atoms with Crippen LogP contribution in [0.2, 0.25) is 0 Å². The Kier molecular flexibility index (Phi) is 43.0. The molecule has 0 spiro atoms. The molecule has 0 aromatic rings. The molecule has 12 atom stereocenters. The van der Waals surface area contributed by atoms with Gasteiger partial charge in [-0.15, -0.1) is 0 Å². The van der Waals surface area contributed by atoms with Crippen LogP contribution in [-0.4, -0.2) is 140 Å². The van der Waals surface area contributed by atoms with E-state index < -0.39 is 86.8 Å². The van der Waals surface area contributed by atoms with E-state index in [-0.39, 0.29) is 18.9 Å². The second kappa shape index (κ2) is 46.4. The summed E-state index contributed by atoms with van der Waals surface area (Å²) in [6, 6.07) is -0.910. The van der Waals surface area contributed by atoms with Crippen LogP contribution >= 0.6 is 0 Å². The van der Waals surface area contributed by atoms with Crippen LogP contribution in [-0.2, 0) is 23.7 Å². The van der Waals surface area contributed by atoms with Crippen LogP contribution in [0.3, 0.4) is 0 Å². The second-order valence-electron chi connectivity index (χ2n) is 21.8. The first-order valence-electron chi connectivity index (χ1n) is 30.6. The number of rotatable bonds is 49. The summed E-state index contributed by atoms with van der Waals surface area (Å²) >= 11 is 0. The van der Waals surface area contributed by atoms with E-state index in [4.69, 9.17) is 18.9 Å². The molecule has 0 saturated carbocycles. The Morgan fingerprint density at radius 3 is 1.28 bits per heavy atom. The fraction of sp³-hybridized carbons (Fsp3) is 0.917. The maximum atomic E-state index is 13.2. The Balaban J connectivity index is 1.65. The number of allylic oxidation sites excluding steroid dienone is 3. The lowest BCUT2D eigenvalue weighted by molar-refractivity contribution is -0.359. The fourth-order valence-corrected chi connectivity index (χ4v) is 10.2. The minimum atomic E-state index is -1.79. The third-order valence-corrected chi connectivity index (χ3v) is 15.1. The number of hydrogen-bond donors (Lipinski definition) is 9. The first kappa shape index (κ1) is 68.6. The Labute approximate surface area is 449 Å². The molecule has 436 valence electrons. The molecule has 0 aliphatic carbocycles. The molecular formula is C60H113NO13. The van der Waals surface area contributed by atoms with Crippen LogP contribution in [0.15, 0.2) is 24.3 Å². The van der Waals surface area contributed by atoms with Gasteiger partial charge >= 0.3 is 0 Å². The highest BCUT2D eigenvalue weighted by Crippen LogP contribution is 2.30. The highest BCUT2D eigenvalue weighted by Gasteiger charge is 2.51. The van der Waals surface area contributed by atoms with Crippen molar-refractivity contribution in [2.24, 2.45) is 0 Å². The van der Waals surface area contributed by atoms with Crippen molar-refractivity contribution in [1.29, 1.82) is 0 Å². The van der Waals surface area contributed by atoms with E-state index in [1.54, 1.807) is 6.08 Å². The predicted molar refractivity (Wildman–Crippen MR) is 295 cm³/mol. The Bertz CT molecular complexity index is 1340. The SMILES string of the molecule is CCCCCCCCCC/C=C\CCCCCCCCCCCCCCCCCCCC(=O)NC(COC1OC(CO)C(OC2OC(CO)C(O)C(O)C2O)C(O)C1O)C(O)/C=C/CCCCCCCCCCC. The van der Waals surface area contributed by atoms with Gasteiger partial charge in [0.1, 0.15) is 48.8 Å². The Hall–Kier alpha value is -1.53. The van der Waals surface area contributed by atoms with E-state index in [1.807, 2.05) is 6.08 Å². The van der Waals surface area contributed by atoms with E-state index in [0.29, 0.717) is 6.42 Å². The summed E-state index contributed by atoms with van der Waals surface area (Å²) in [6.45, 7) is 2.79. The predicted octanol–water partition coefficient (Wildman–Crippen LogP) is 10.4. The van der Waals surface area contributed by atoms with E-state index >= 15 is 0 Å². The molecule has 2 saturated heterocycles. The van der Waals surface area contributed by atoms with Crippen molar-refractivity contribution >= 4 is 5.91 Å². The largest absolute Gasteiger partial charge is 0.394 e. The maximum absolute atomic E-state index is 13.2. The molecule has 0 aromatic carbocycles. The Morgan fingerprint density at radius 2 is 0.851 bits per heavy atom. The molecule has 2 aliphatic rings. The van der Waals surface area contributed by atoms with E-state index in [9.17, 15) is 45.6 Å². The normalized spacial score (nSPS) is 25.3. The topological polar surface area (TPSA) is 228 Å². The highest BCUT2D eigenvalue weighted by atomic mass is 16.7. The van der Waals surface area contributed by atoms with Crippen LogP contribution in [0.4, 0.5) is 0 Å². The molecule has 12 unspecified atom stereocenters. The van der Waals surface area contributed by atoms with Gasteiger partial charge in [0.15, 0.2) is 12.6 Å². The van der Waals surface area contributed by atoms with Crippen LogP contribution in [0.1, 0.15) is 258 Å². The number of hydrogen-bond acceptors (Lipinski definition) is 13. The molecule has 2 fully saturated rings. The van der Waals surface area contributed by atoms with Gasteiger partial charge in [-0.2, -0.15) is 0 Å². The fourth-order valence-electron chi connectivity index (χ4n) is 10.2. The summed E-state index contributed by atoms with van der Waals surface area (Å²) in [6.07, 6.45) is 38.1. The molecule has 0 radical (unpaired) electrons. The minimum Gasteiger partial charge on any atom is -0.394 e. The van der Waals surface area contributed by atoms with Gasteiger partial charge in [-0.05, 0) is 44.9 Å².